The Hall–Kier alpha value is -1.53. The molecule has 3 nitrogen and oxygen atoms in total. The zero-order chi connectivity index (χ0) is 15.5. The van der Waals surface area contributed by atoms with Crippen molar-refractivity contribution in [2.75, 3.05) is 6.61 Å². The summed E-state index contributed by atoms with van der Waals surface area (Å²) in [4.78, 5) is 0. The van der Waals surface area contributed by atoms with E-state index in [4.69, 9.17) is 10.5 Å². The van der Waals surface area contributed by atoms with Gasteiger partial charge in [-0.3, -0.25) is 0 Å². The van der Waals surface area contributed by atoms with Crippen molar-refractivity contribution in [3.8, 4) is 11.8 Å². The topological polar surface area (TPSA) is 59.0 Å². The first-order valence-electron chi connectivity index (χ1n) is 7.90. The molecule has 0 amide bonds. The van der Waals surface area contributed by atoms with Gasteiger partial charge in [0.1, 0.15) is 11.3 Å². The lowest BCUT2D eigenvalue weighted by molar-refractivity contribution is 0.253. The molecule has 1 aliphatic rings. The summed E-state index contributed by atoms with van der Waals surface area (Å²) >= 11 is 0. The highest BCUT2D eigenvalue weighted by Gasteiger charge is 2.39. The smallest absolute Gasteiger partial charge is 0.122 e. The second kappa shape index (κ2) is 6.49. The summed E-state index contributed by atoms with van der Waals surface area (Å²) in [6.45, 7) is 7.07. The number of hydrogen-bond acceptors (Lipinski definition) is 3. The van der Waals surface area contributed by atoms with E-state index in [0.29, 0.717) is 12.5 Å². The average molecular weight is 286 g/mol. The molecule has 0 spiro atoms. The molecule has 1 aliphatic carbocycles. The third-order valence-corrected chi connectivity index (χ3v) is 4.68. The van der Waals surface area contributed by atoms with Crippen LogP contribution in [0.2, 0.25) is 0 Å². The quantitative estimate of drug-likeness (QED) is 0.892. The van der Waals surface area contributed by atoms with Gasteiger partial charge in [-0.05, 0) is 55.2 Å². The Morgan fingerprint density at radius 1 is 1.48 bits per heavy atom. The van der Waals surface area contributed by atoms with Crippen LogP contribution in [-0.4, -0.2) is 12.1 Å². The van der Waals surface area contributed by atoms with Crippen molar-refractivity contribution in [1.29, 1.82) is 5.26 Å². The van der Waals surface area contributed by atoms with Crippen LogP contribution in [0.1, 0.15) is 56.6 Å². The maximum Gasteiger partial charge on any atom is 0.122 e. The fourth-order valence-electron chi connectivity index (χ4n) is 3.09. The molecule has 0 aliphatic heterocycles. The highest BCUT2D eigenvalue weighted by Crippen LogP contribution is 2.35. The molecule has 0 heterocycles. The summed E-state index contributed by atoms with van der Waals surface area (Å²) in [6, 6.07) is 8.70. The Labute approximate surface area is 128 Å². The fourth-order valence-corrected chi connectivity index (χ4v) is 3.09. The molecule has 0 radical (unpaired) electrons. The van der Waals surface area contributed by atoms with E-state index in [1.165, 1.54) is 5.56 Å². The standard InChI is InChI=1S/C18H26N2O/c1-13(2)15-7-6-14(3)17(11-15)21-10-8-16-5-4-9-18(16,20)12-19/h6-7,11,13,16H,4-5,8-10,20H2,1-3H3. The van der Waals surface area contributed by atoms with Gasteiger partial charge in [0.2, 0.25) is 0 Å². The summed E-state index contributed by atoms with van der Waals surface area (Å²) in [5, 5.41) is 9.24. The summed E-state index contributed by atoms with van der Waals surface area (Å²) in [6.07, 6.45) is 3.76. The lowest BCUT2D eigenvalue weighted by atomic mass is 9.87. The van der Waals surface area contributed by atoms with Crippen LogP contribution in [-0.2, 0) is 0 Å². The highest BCUT2D eigenvalue weighted by atomic mass is 16.5. The Bertz CT molecular complexity index is 533. The summed E-state index contributed by atoms with van der Waals surface area (Å²) in [5.41, 5.74) is 7.97. The molecule has 0 aromatic heterocycles. The normalized spacial score (nSPS) is 25.0. The van der Waals surface area contributed by atoms with Gasteiger partial charge in [-0.1, -0.05) is 32.4 Å². The number of nitrogens with two attached hydrogens (primary N) is 1. The molecule has 21 heavy (non-hydrogen) atoms. The zero-order valence-corrected chi connectivity index (χ0v) is 13.4. The highest BCUT2D eigenvalue weighted by molar-refractivity contribution is 5.37. The predicted octanol–water partition coefficient (Wildman–Crippen LogP) is 3.91. The number of hydrogen-bond donors (Lipinski definition) is 1. The van der Waals surface area contributed by atoms with E-state index in [9.17, 15) is 5.26 Å². The van der Waals surface area contributed by atoms with E-state index in [-0.39, 0.29) is 5.92 Å². The van der Waals surface area contributed by atoms with E-state index in [0.717, 1.165) is 37.0 Å². The fraction of sp³-hybridized carbons (Fsp3) is 0.611. The van der Waals surface area contributed by atoms with Gasteiger partial charge in [-0.15, -0.1) is 0 Å². The van der Waals surface area contributed by atoms with Crippen LogP contribution in [0.15, 0.2) is 18.2 Å². The Kier molecular flexibility index (Phi) is 4.90. The van der Waals surface area contributed by atoms with Gasteiger partial charge in [0.05, 0.1) is 12.7 Å². The van der Waals surface area contributed by atoms with E-state index in [2.05, 4.69) is 45.0 Å². The van der Waals surface area contributed by atoms with Crippen LogP contribution in [0, 0.1) is 24.2 Å². The van der Waals surface area contributed by atoms with Gasteiger partial charge in [0.25, 0.3) is 0 Å². The van der Waals surface area contributed by atoms with E-state index in [1.54, 1.807) is 0 Å². The molecule has 3 heteroatoms. The minimum absolute atomic E-state index is 0.260. The van der Waals surface area contributed by atoms with Gasteiger partial charge in [-0.25, -0.2) is 0 Å². The number of rotatable bonds is 5. The van der Waals surface area contributed by atoms with Crippen LogP contribution in [0.5, 0.6) is 5.75 Å². The lowest BCUT2D eigenvalue weighted by Crippen LogP contribution is -2.42. The summed E-state index contributed by atoms with van der Waals surface area (Å²) in [5.74, 6) is 1.72. The number of benzene rings is 1. The third-order valence-electron chi connectivity index (χ3n) is 4.68. The molecular formula is C18H26N2O. The second-order valence-electron chi connectivity index (χ2n) is 6.56. The number of ether oxygens (including phenoxy) is 1. The van der Waals surface area contributed by atoms with Gasteiger partial charge < -0.3 is 10.5 Å². The van der Waals surface area contributed by atoms with Crippen molar-refractivity contribution < 1.29 is 4.74 Å². The first-order chi connectivity index (χ1) is 9.96. The molecule has 2 unspecified atom stereocenters. The Morgan fingerprint density at radius 3 is 2.90 bits per heavy atom. The average Bonchev–Trinajstić information content (AvgIpc) is 2.83. The third kappa shape index (κ3) is 3.57. The van der Waals surface area contributed by atoms with Crippen molar-refractivity contribution in [2.24, 2.45) is 11.7 Å². The number of nitrogens with zero attached hydrogens (tertiary/aromatic N) is 1. The predicted molar refractivity (Wildman–Crippen MR) is 85.3 cm³/mol. The minimum atomic E-state index is -0.641. The minimum Gasteiger partial charge on any atom is -0.493 e. The van der Waals surface area contributed by atoms with Crippen molar-refractivity contribution in [3.05, 3.63) is 29.3 Å². The molecule has 0 saturated heterocycles. The first-order valence-corrected chi connectivity index (χ1v) is 7.90. The van der Waals surface area contributed by atoms with Crippen molar-refractivity contribution in [2.45, 2.75) is 57.9 Å². The molecule has 2 rings (SSSR count). The Balaban J connectivity index is 1.95. The van der Waals surface area contributed by atoms with Crippen LogP contribution in [0.3, 0.4) is 0 Å². The molecule has 1 aromatic carbocycles. The van der Waals surface area contributed by atoms with E-state index >= 15 is 0 Å². The maximum atomic E-state index is 9.24. The van der Waals surface area contributed by atoms with Crippen LogP contribution >= 0.6 is 0 Å². The summed E-state index contributed by atoms with van der Waals surface area (Å²) < 4.78 is 5.96. The second-order valence-corrected chi connectivity index (χ2v) is 6.56. The molecule has 114 valence electrons. The molecule has 2 N–H and O–H groups in total. The SMILES string of the molecule is Cc1ccc(C(C)C)cc1OCCC1CCCC1(N)C#N. The zero-order valence-electron chi connectivity index (χ0n) is 13.4. The van der Waals surface area contributed by atoms with Gasteiger partial charge in [-0.2, -0.15) is 5.26 Å². The monoisotopic (exact) mass is 286 g/mol. The molecular weight excluding hydrogens is 260 g/mol. The molecule has 1 saturated carbocycles. The van der Waals surface area contributed by atoms with Crippen LogP contribution in [0.4, 0.5) is 0 Å². The molecule has 1 aromatic rings. The lowest BCUT2D eigenvalue weighted by Gasteiger charge is -2.24. The van der Waals surface area contributed by atoms with Crippen molar-refractivity contribution >= 4 is 0 Å². The van der Waals surface area contributed by atoms with Gasteiger partial charge >= 0.3 is 0 Å². The van der Waals surface area contributed by atoms with Crippen LogP contribution < -0.4 is 10.5 Å². The van der Waals surface area contributed by atoms with E-state index in [1.807, 2.05) is 0 Å². The van der Waals surface area contributed by atoms with E-state index < -0.39 is 5.54 Å². The first kappa shape index (κ1) is 15.9. The van der Waals surface area contributed by atoms with Crippen molar-refractivity contribution in [1.82, 2.24) is 0 Å². The molecule has 0 bridgehead atoms. The van der Waals surface area contributed by atoms with Gasteiger partial charge in [0, 0.05) is 0 Å². The number of aryl methyl sites for hydroxylation is 1. The largest absolute Gasteiger partial charge is 0.493 e. The van der Waals surface area contributed by atoms with Crippen LogP contribution in [0.25, 0.3) is 0 Å². The summed E-state index contributed by atoms with van der Waals surface area (Å²) in [7, 11) is 0. The number of nitriles is 1. The molecule has 1 fully saturated rings. The maximum absolute atomic E-state index is 9.24. The van der Waals surface area contributed by atoms with Crippen molar-refractivity contribution in [3.63, 3.8) is 0 Å². The van der Waals surface area contributed by atoms with Gasteiger partial charge in [0.15, 0.2) is 0 Å². The molecule has 2 atom stereocenters. The Morgan fingerprint density at radius 2 is 2.24 bits per heavy atom.